The number of halogens is 1. The Kier molecular flexibility index (Phi) is 5.02. The normalized spacial score (nSPS) is 32.1. The van der Waals surface area contributed by atoms with Gasteiger partial charge in [0.1, 0.15) is 5.69 Å². The lowest BCUT2D eigenvalue weighted by Gasteiger charge is -2.45. The molecule has 3 rings (SSSR count). The van der Waals surface area contributed by atoms with Crippen molar-refractivity contribution in [3.8, 4) is 0 Å². The number of piperidine rings is 1. The Bertz CT molecular complexity index is 571. The summed E-state index contributed by atoms with van der Waals surface area (Å²) in [7, 11) is 1.86. The Morgan fingerprint density at radius 1 is 1.30 bits per heavy atom. The maximum Gasteiger partial charge on any atom is 0.270 e. The monoisotopic (exact) mass is 338 g/mol. The molecule has 2 aliphatic rings. The molecule has 1 saturated heterocycles. The number of hydrogen-bond acceptors (Lipinski definition) is 2. The van der Waals surface area contributed by atoms with Crippen molar-refractivity contribution >= 4 is 17.5 Å². The van der Waals surface area contributed by atoms with Gasteiger partial charge in [-0.05, 0) is 50.5 Å². The van der Waals surface area contributed by atoms with Crippen LogP contribution in [-0.2, 0) is 7.05 Å². The molecule has 1 amide bonds. The summed E-state index contributed by atoms with van der Waals surface area (Å²) in [6.45, 7) is 3.04. The topological polar surface area (TPSA) is 45.5 Å². The van der Waals surface area contributed by atoms with Gasteiger partial charge in [-0.2, -0.15) is 0 Å². The zero-order chi connectivity index (χ0) is 16.6. The second-order valence-electron chi connectivity index (χ2n) is 7.37. The first kappa shape index (κ1) is 16.8. The lowest BCUT2D eigenvalue weighted by atomic mass is 9.74. The van der Waals surface area contributed by atoms with Gasteiger partial charge in [0.05, 0.1) is 11.1 Å². The third kappa shape index (κ3) is 3.43. The molecule has 1 aliphatic carbocycles. The van der Waals surface area contributed by atoms with Crippen molar-refractivity contribution in [1.82, 2.24) is 9.47 Å². The van der Waals surface area contributed by atoms with Gasteiger partial charge in [-0.3, -0.25) is 4.79 Å². The average molecular weight is 339 g/mol. The van der Waals surface area contributed by atoms with Gasteiger partial charge in [0.2, 0.25) is 0 Å². The molecule has 0 unspecified atom stereocenters. The predicted molar refractivity (Wildman–Crippen MR) is 91.6 cm³/mol. The highest BCUT2D eigenvalue weighted by Crippen LogP contribution is 2.37. The molecule has 1 N–H and O–H groups in total. The molecule has 4 atom stereocenters. The van der Waals surface area contributed by atoms with Crippen molar-refractivity contribution in [1.29, 1.82) is 0 Å². The van der Waals surface area contributed by atoms with Crippen LogP contribution in [0.5, 0.6) is 0 Å². The summed E-state index contributed by atoms with van der Waals surface area (Å²) in [6.07, 6.45) is 7.64. The van der Waals surface area contributed by atoms with E-state index in [0.29, 0.717) is 16.6 Å². The fourth-order valence-corrected chi connectivity index (χ4v) is 4.61. The number of aliphatic hydroxyl groups excluding tert-OH is 1. The van der Waals surface area contributed by atoms with Crippen LogP contribution in [0.2, 0.25) is 5.02 Å². The van der Waals surface area contributed by atoms with Crippen molar-refractivity contribution in [3.05, 3.63) is 23.0 Å². The zero-order valence-electron chi connectivity index (χ0n) is 14.0. The Morgan fingerprint density at radius 3 is 2.78 bits per heavy atom. The van der Waals surface area contributed by atoms with Crippen molar-refractivity contribution in [3.63, 3.8) is 0 Å². The van der Waals surface area contributed by atoms with E-state index in [9.17, 15) is 9.90 Å². The highest BCUT2D eigenvalue weighted by atomic mass is 35.5. The number of aromatic nitrogens is 1. The molecule has 4 nitrogen and oxygen atoms in total. The number of carbonyl (C=O) groups excluding carboxylic acids is 1. The van der Waals surface area contributed by atoms with Crippen LogP contribution in [0, 0.1) is 11.8 Å². The fraction of sp³-hybridized carbons (Fsp3) is 0.722. The van der Waals surface area contributed by atoms with Crippen LogP contribution in [0.4, 0.5) is 0 Å². The number of carbonyl (C=O) groups is 1. The number of hydrogen-bond donors (Lipinski definition) is 1. The summed E-state index contributed by atoms with van der Waals surface area (Å²) in [6, 6.07) is 1.90. The number of rotatable bonds is 2. The van der Waals surface area contributed by atoms with E-state index in [2.05, 4.69) is 6.92 Å². The third-order valence-electron chi connectivity index (χ3n) is 5.62. The molecule has 1 saturated carbocycles. The van der Waals surface area contributed by atoms with E-state index < -0.39 is 0 Å². The number of likely N-dealkylation sites (tertiary alicyclic amines) is 1. The van der Waals surface area contributed by atoms with Gasteiger partial charge in [0.25, 0.3) is 5.91 Å². The zero-order valence-corrected chi connectivity index (χ0v) is 14.8. The Labute approximate surface area is 143 Å². The number of aliphatic hydroxyl groups is 1. The van der Waals surface area contributed by atoms with Gasteiger partial charge in [-0.15, -0.1) is 0 Å². The van der Waals surface area contributed by atoms with E-state index in [1.54, 1.807) is 16.8 Å². The summed E-state index contributed by atoms with van der Waals surface area (Å²) in [5.74, 6) is 0.889. The Balaban J connectivity index is 1.83. The van der Waals surface area contributed by atoms with E-state index >= 15 is 0 Å². The van der Waals surface area contributed by atoms with Gasteiger partial charge in [0, 0.05) is 31.7 Å². The lowest BCUT2D eigenvalue weighted by molar-refractivity contribution is -0.0124. The first-order valence-electron chi connectivity index (χ1n) is 8.78. The average Bonchev–Trinajstić information content (AvgIpc) is 2.87. The minimum atomic E-state index is -0.276. The first-order valence-corrected chi connectivity index (χ1v) is 9.16. The molecule has 128 valence electrons. The molecule has 23 heavy (non-hydrogen) atoms. The minimum absolute atomic E-state index is 0.0505. The minimum Gasteiger partial charge on any atom is -0.393 e. The van der Waals surface area contributed by atoms with Crippen molar-refractivity contribution in [2.24, 2.45) is 18.9 Å². The summed E-state index contributed by atoms with van der Waals surface area (Å²) in [4.78, 5) is 15.0. The van der Waals surface area contributed by atoms with Gasteiger partial charge in [0.15, 0.2) is 0 Å². The lowest BCUT2D eigenvalue weighted by Crippen LogP contribution is -2.52. The van der Waals surface area contributed by atoms with E-state index in [1.807, 2.05) is 11.9 Å². The smallest absolute Gasteiger partial charge is 0.270 e. The summed E-state index contributed by atoms with van der Waals surface area (Å²) in [5, 5.41) is 11.1. The maximum absolute atomic E-state index is 13.0. The summed E-state index contributed by atoms with van der Waals surface area (Å²) < 4.78 is 1.80. The molecule has 2 fully saturated rings. The van der Waals surface area contributed by atoms with E-state index in [-0.39, 0.29) is 24.0 Å². The SMILES string of the molecule is C[C@@H]1CC[C@H](O)[C@@H]([C@H]2CCCCN2C(=O)c2cc(Cl)cn2C)C1. The summed E-state index contributed by atoms with van der Waals surface area (Å²) in [5.41, 5.74) is 0.639. The van der Waals surface area contributed by atoms with Crippen LogP contribution >= 0.6 is 11.6 Å². The molecule has 2 heterocycles. The van der Waals surface area contributed by atoms with Crippen LogP contribution in [0.15, 0.2) is 12.3 Å². The molecule has 1 aromatic heterocycles. The number of aryl methyl sites for hydroxylation is 1. The Hall–Kier alpha value is -1.00. The molecular formula is C18H27ClN2O2. The van der Waals surface area contributed by atoms with Gasteiger partial charge < -0.3 is 14.6 Å². The van der Waals surface area contributed by atoms with Crippen molar-refractivity contribution < 1.29 is 9.90 Å². The first-order chi connectivity index (χ1) is 11.0. The molecule has 0 aromatic carbocycles. The standard InChI is InChI=1S/C18H27ClN2O2/c1-12-6-7-17(22)14(9-12)15-5-3-4-8-21(15)18(23)16-10-13(19)11-20(16)2/h10-12,14-15,17,22H,3-9H2,1-2H3/t12-,14-,15-,17+/m1/s1. The van der Waals surface area contributed by atoms with E-state index in [1.165, 1.54) is 0 Å². The van der Waals surface area contributed by atoms with Crippen LogP contribution in [0.1, 0.15) is 55.9 Å². The quantitative estimate of drug-likeness (QED) is 0.897. The second kappa shape index (κ2) is 6.86. The fourth-order valence-electron chi connectivity index (χ4n) is 4.36. The molecule has 5 heteroatoms. The molecule has 1 aliphatic heterocycles. The van der Waals surface area contributed by atoms with E-state index in [0.717, 1.165) is 45.1 Å². The highest BCUT2D eigenvalue weighted by molar-refractivity contribution is 6.31. The van der Waals surface area contributed by atoms with Crippen LogP contribution in [0.3, 0.4) is 0 Å². The molecule has 1 aromatic rings. The molecule has 0 radical (unpaired) electrons. The largest absolute Gasteiger partial charge is 0.393 e. The number of nitrogens with zero attached hydrogens (tertiary/aromatic N) is 2. The van der Waals surface area contributed by atoms with Gasteiger partial charge >= 0.3 is 0 Å². The third-order valence-corrected chi connectivity index (χ3v) is 5.83. The summed E-state index contributed by atoms with van der Waals surface area (Å²) >= 11 is 6.04. The second-order valence-corrected chi connectivity index (χ2v) is 7.80. The van der Waals surface area contributed by atoms with Crippen LogP contribution in [0.25, 0.3) is 0 Å². The van der Waals surface area contributed by atoms with Gasteiger partial charge in [-0.25, -0.2) is 0 Å². The van der Waals surface area contributed by atoms with E-state index in [4.69, 9.17) is 11.6 Å². The van der Waals surface area contributed by atoms with Crippen LogP contribution in [-0.4, -0.2) is 39.2 Å². The predicted octanol–water partition coefficient (Wildman–Crippen LogP) is 3.47. The maximum atomic E-state index is 13.0. The van der Waals surface area contributed by atoms with Crippen LogP contribution < -0.4 is 0 Å². The van der Waals surface area contributed by atoms with Gasteiger partial charge in [-0.1, -0.05) is 18.5 Å². The molecule has 0 bridgehead atoms. The Morgan fingerprint density at radius 2 is 2.09 bits per heavy atom. The highest BCUT2D eigenvalue weighted by Gasteiger charge is 2.39. The van der Waals surface area contributed by atoms with Crippen molar-refractivity contribution in [2.45, 2.75) is 57.6 Å². The molecular weight excluding hydrogens is 312 g/mol. The van der Waals surface area contributed by atoms with Crippen molar-refractivity contribution in [2.75, 3.05) is 6.54 Å². The molecule has 0 spiro atoms. The number of amides is 1.